The fourth-order valence-electron chi connectivity index (χ4n) is 1.57. The number of rotatable bonds is 6. The molecule has 0 spiro atoms. The van der Waals surface area contributed by atoms with E-state index in [1.807, 2.05) is 13.8 Å². The van der Waals surface area contributed by atoms with Crippen molar-refractivity contribution < 1.29 is 9.90 Å². The fraction of sp³-hybridized carbons (Fsp3) is 0.909. The third kappa shape index (κ3) is 4.62. The van der Waals surface area contributed by atoms with Crippen molar-refractivity contribution in [3.05, 3.63) is 0 Å². The van der Waals surface area contributed by atoms with Crippen LogP contribution in [0.2, 0.25) is 0 Å². The maximum atomic E-state index is 11.6. The Morgan fingerprint density at radius 2 is 2.07 bits per heavy atom. The molecule has 0 heterocycles. The SMILES string of the molecule is CCC(C)(CCO)NC(C)C(=O)N(C)C. The molecule has 0 saturated heterocycles. The van der Waals surface area contributed by atoms with Gasteiger partial charge < -0.3 is 15.3 Å². The van der Waals surface area contributed by atoms with Gasteiger partial charge in [-0.3, -0.25) is 4.79 Å². The van der Waals surface area contributed by atoms with Crippen molar-refractivity contribution in [2.75, 3.05) is 20.7 Å². The van der Waals surface area contributed by atoms with Crippen molar-refractivity contribution in [1.82, 2.24) is 10.2 Å². The number of amides is 1. The predicted octanol–water partition coefficient (Wildman–Crippen LogP) is 0.604. The molecule has 0 aromatic carbocycles. The van der Waals surface area contributed by atoms with Crippen LogP contribution in [0.4, 0.5) is 0 Å². The summed E-state index contributed by atoms with van der Waals surface area (Å²) in [6.07, 6.45) is 1.55. The van der Waals surface area contributed by atoms with Crippen molar-refractivity contribution in [3.63, 3.8) is 0 Å². The summed E-state index contributed by atoms with van der Waals surface area (Å²) in [6, 6.07) is -0.212. The van der Waals surface area contributed by atoms with Crippen molar-refractivity contribution >= 4 is 5.91 Å². The third-order valence-electron chi connectivity index (χ3n) is 2.82. The molecule has 0 radical (unpaired) electrons. The van der Waals surface area contributed by atoms with E-state index in [0.717, 1.165) is 6.42 Å². The largest absolute Gasteiger partial charge is 0.396 e. The summed E-state index contributed by atoms with van der Waals surface area (Å²) >= 11 is 0. The summed E-state index contributed by atoms with van der Waals surface area (Å²) in [5.74, 6) is 0.0626. The second kappa shape index (κ2) is 6.08. The van der Waals surface area contributed by atoms with E-state index in [0.29, 0.717) is 6.42 Å². The molecule has 2 unspecified atom stereocenters. The number of nitrogens with zero attached hydrogens (tertiary/aromatic N) is 1. The van der Waals surface area contributed by atoms with E-state index in [1.54, 1.807) is 19.0 Å². The van der Waals surface area contributed by atoms with Crippen molar-refractivity contribution in [2.24, 2.45) is 0 Å². The van der Waals surface area contributed by atoms with E-state index in [1.165, 1.54) is 0 Å². The fourth-order valence-corrected chi connectivity index (χ4v) is 1.57. The Kier molecular flexibility index (Phi) is 5.83. The van der Waals surface area contributed by atoms with Crippen LogP contribution in [0.25, 0.3) is 0 Å². The molecule has 2 atom stereocenters. The maximum absolute atomic E-state index is 11.6. The molecule has 0 rings (SSSR count). The number of carbonyl (C=O) groups excluding carboxylic acids is 1. The number of aliphatic hydroxyl groups excluding tert-OH is 1. The predicted molar refractivity (Wildman–Crippen MR) is 61.7 cm³/mol. The van der Waals surface area contributed by atoms with Crippen molar-refractivity contribution in [2.45, 2.75) is 45.2 Å². The number of nitrogens with one attached hydrogen (secondary N) is 1. The van der Waals surface area contributed by atoms with E-state index in [2.05, 4.69) is 12.2 Å². The van der Waals surface area contributed by atoms with Gasteiger partial charge in [0.1, 0.15) is 0 Å². The molecule has 2 N–H and O–H groups in total. The van der Waals surface area contributed by atoms with Gasteiger partial charge in [-0.15, -0.1) is 0 Å². The molecule has 0 fully saturated rings. The van der Waals surface area contributed by atoms with Gasteiger partial charge in [-0.25, -0.2) is 0 Å². The second-order valence-electron chi connectivity index (χ2n) is 4.49. The molecule has 0 aromatic heterocycles. The molecule has 0 aliphatic heterocycles. The first-order valence-electron chi connectivity index (χ1n) is 5.46. The summed E-state index contributed by atoms with van der Waals surface area (Å²) in [7, 11) is 3.49. The lowest BCUT2D eigenvalue weighted by Gasteiger charge is -2.33. The molecule has 1 amide bonds. The monoisotopic (exact) mass is 216 g/mol. The standard InChI is InChI=1S/C11H24N2O2/c1-6-11(3,7-8-14)12-9(2)10(15)13(4)5/h9,12,14H,6-8H2,1-5H3. The van der Waals surface area contributed by atoms with Gasteiger partial charge in [0.15, 0.2) is 0 Å². The average Bonchev–Trinajstić information content (AvgIpc) is 2.16. The van der Waals surface area contributed by atoms with Crippen LogP contribution in [0.1, 0.15) is 33.6 Å². The third-order valence-corrected chi connectivity index (χ3v) is 2.82. The van der Waals surface area contributed by atoms with E-state index in [4.69, 9.17) is 5.11 Å². The lowest BCUT2D eigenvalue weighted by Crippen LogP contribution is -2.52. The van der Waals surface area contributed by atoms with Crippen molar-refractivity contribution in [1.29, 1.82) is 0 Å². The highest BCUT2D eigenvalue weighted by Gasteiger charge is 2.26. The minimum absolute atomic E-state index is 0.0626. The molecule has 0 aromatic rings. The Hall–Kier alpha value is -0.610. The van der Waals surface area contributed by atoms with E-state index in [-0.39, 0.29) is 24.1 Å². The van der Waals surface area contributed by atoms with Gasteiger partial charge in [-0.2, -0.15) is 0 Å². The normalized spacial score (nSPS) is 16.9. The Bertz CT molecular complexity index is 207. The summed E-state index contributed by atoms with van der Waals surface area (Å²) in [4.78, 5) is 13.2. The topological polar surface area (TPSA) is 52.6 Å². The summed E-state index contributed by atoms with van der Waals surface area (Å²) in [5, 5.41) is 12.2. The summed E-state index contributed by atoms with van der Waals surface area (Å²) < 4.78 is 0. The smallest absolute Gasteiger partial charge is 0.238 e. The van der Waals surface area contributed by atoms with Gasteiger partial charge in [-0.1, -0.05) is 6.92 Å². The van der Waals surface area contributed by atoms with Gasteiger partial charge in [0, 0.05) is 26.2 Å². The van der Waals surface area contributed by atoms with Crippen LogP contribution in [0.5, 0.6) is 0 Å². The lowest BCUT2D eigenvalue weighted by molar-refractivity contribution is -0.131. The number of hydrogen-bond donors (Lipinski definition) is 2. The molecule has 0 aliphatic carbocycles. The molecule has 4 heteroatoms. The number of carbonyl (C=O) groups is 1. The van der Waals surface area contributed by atoms with Crippen molar-refractivity contribution in [3.8, 4) is 0 Å². The van der Waals surface area contributed by atoms with Crippen LogP contribution in [-0.4, -0.2) is 48.2 Å². The van der Waals surface area contributed by atoms with E-state index >= 15 is 0 Å². The number of likely N-dealkylation sites (N-methyl/N-ethyl adjacent to an activating group) is 1. The highest BCUT2D eigenvalue weighted by atomic mass is 16.3. The van der Waals surface area contributed by atoms with Gasteiger partial charge in [-0.05, 0) is 26.7 Å². The zero-order valence-corrected chi connectivity index (χ0v) is 10.5. The minimum atomic E-state index is -0.212. The molecular weight excluding hydrogens is 192 g/mol. The molecular formula is C11H24N2O2. The summed E-state index contributed by atoms with van der Waals surface area (Å²) in [5.41, 5.74) is -0.167. The molecule has 0 aliphatic rings. The average molecular weight is 216 g/mol. The molecule has 4 nitrogen and oxygen atoms in total. The van der Waals surface area contributed by atoms with Crippen LogP contribution < -0.4 is 5.32 Å². The van der Waals surface area contributed by atoms with Crippen LogP contribution in [0.3, 0.4) is 0 Å². The highest BCUT2D eigenvalue weighted by Crippen LogP contribution is 2.15. The van der Waals surface area contributed by atoms with Gasteiger partial charge >= 0.3 is 0 Å². The van der Waals surface area contributed by atoms with Crippen LogP contribution in [0.15, 0.2) is 0 Å². The Morgan fingerprint density at radius 1 is 1.53 bits per heavy atom. The quantitative estimate of drug-likeness (QED) is 0.684. The van der Waals surface area contributed by atoms with Gasteiger partial charge in [0.2, 0.25) is 5.91 Å². The maximum Gasteiger partial charge on any atom is 0.238 e. The number of aliphatic hydroxyl groups is 1. The lowest BCUT2D eigenvalue weighted by atomic mass is 9.94. The van der Waals surface area contributed by atoms with Gasteiger partial charge in [0.05, 0.1) is 6.04 Å². The first-order valence-corrected chi connectivity index (χ1v) is 5.46. The van der Waals surface area contributed by atoms with E-state index < -0.39 is 0 Å². The first-order chi connectivity index (χ1) is 6.86. The Labute approximate surface area is 92.7 Å². The molecule has 0 bridgehead atoms. The zero-order chi connectivity index (χ0) is 12.1. The Balaban J connectivity index is 4.35. The van der Waals surface area contributed by atoms with Crippen LogP contribution >= 0.6 is 0 Å². The minimum Gasteiger partial charge on any atom is -0.396 e. The van der Waals surface area contributed by atoms with Gasteiger partial charge in [0.25, 0.3) is 0 Å². The van der Waals surface area contributed by atoms with E-state index in [9.17, 15) is 4.79 Å². The summed E-state index contributed by atoms with van der Waals surface area (Å²) in [6.45, 7) is 6.08. The zero-order valence-electron chi connectivity index (χ0n) is 10.5. The highest BCUT2D eigenvalue weighted by molar-refractivity contribution is 5.81. The molecule has 90 valence electrons. The Morgan fingerprint density at radius 3 is 2.40 bits per heavy atom. The molecule has 0 saturated carbocycles. The first kappa shape index (κ1) is 14.4. The van der Waals surface area contributed by atoms with Crippen LogP contribution in [0, 0.1) is 0 Å². The molecule has 15 heavy (non-hydrogen) atoms. The second-order valence-corrected chi connectivity index (χ2v) is 4.49. The van der Waals surface area contributed by atoms with Crippen LogP contribution in [-0.2, 0) is 4.79 Å². The number of hydrogen-bond acceptors (Lipinski definition) is 3.